The number of hydrogen-bond acceptors (Lipinski definition) is 2. The number of carbonyl (C=O) groups is 1. The average Bonchev–Trinajstić information content (AvgIpc) is 2.52. The van der Waals surface area contributed by atoms with E-state index in [0.717, 1.165) is 23.9 Å². The van der Waals surface area contributed by atoms with E-state index in [0.29, 0.717) is 0 Å². The lowest BCUT2D eigenvalue weighted by molar-refractivity contribution is -0.104. The molecule has 2 heteroatoms. The topological polar surface area (TPSA) is 29.1 Å². The van der Waals surface area contributed by atoms with Gasteiger partial charge in [0, 0.05) is 13.2 Å². The Morgan fingerprint density at radius 3 is 2.72 bits per heavy atom. The van der Waals surface area contributed by atoms with E-state index in [9.17, 15) is 4.79 Å². The summed E-state index contributed by atoms with van der Waals surface area (Å²) in [5.74, 6) is 0. The van der Waals surface area contributed by atoms with Crippen LogP contribution in [-0.4, -0.2) is 13.3 Å². The smallest absolute Gasteiger partial charge is 0.145 e. The molecule has 0 spiro atoms. The summed E-state index contributed by atoms with van der Waals surface area (Å²) in [6.07, 6.45) is 12.1. The second-order valence-electron chi connectivity index (χ2n) is 4.46. The largest absolute Gasteiger partial charge is 0.393 e. The maximum atomic E-state index is 10.8. The molecule has 1 N–H and O–H groups in total. The van der Waals surface area contributed by atoms with E-state index >= 15 is 0 Å². The van der Waals surface area contributed by atoms with E-state index in [1.807, 2.05) is 26.2 Å². The minimum absolute atomic E-state index is 0.722. The highest BCUT2D eigenvalue weighted by molar-refractivity contribution is 5.74. The van der Waals surface area contributed by atoms with Gasteiger partial charge in [0.15, 0.2) is 0 Å². The summed E-state index contributed by atoms with van der Waals surface area (Å²) >= 11 is 0. The summed E-state index contributed by atoms with van der Waals surface area (Å²) < 4.78 is 0. The van der Waals surface area contributed by atoms with E-state index in [1.165, 1.54) is 16.7 Å². The van der Waals surface area contributed by atoms with Crippen molar-refractivity contribution < 1.29 is 4.79 Å². The van der Waals surface area contributed by atoms with Crippen LogP contribution >= 0.6 is 0 Å². The van der Waals surface area contributed by atoms with Gasteiger partial charge in [-0.15, -0.1) is 0 Å². The van der Waals surface area contributed by atoms with Gasteiger partial charge in [-0.25, -0.2) is 0 Å². The first-order valence-electron chi connectivity index (χ1n) is 6.16. The summed E-state index contributed by atoms with van der Waals surface area (Å²) in [4.78, 5) is 10.8. The van der Waals surface area contributed by atoms with Gasteiger partial charge >= 0.3 is 0 Å². The fraction of sp³-hybridized carbons (Fsp3) is 0.312. The molecule has 0 fully saturated rings. The Morgan fingerprint density at radius 1 is 1.39 bits per heavy atom. The van der Waals surface area contributed by atoms with Gasteiger partial charge in [-0.05, 0) is 61.1 Å². The van der Waals surface area contributed by atoms with Crippen molar-refractivity contribution in [1.82, 2.24) is 5.32 Å². The highest BCUT2D eigenvalue weighted by atomic mass is 16.1. The number of aldehydes is 1. The number of allylic oxidation sites excluding steroid dienone is 9. The van der Waals surface area contributed by atoms with Crippen LogP contribution in [0.5, 0.6) is 0 Å². The minimum Gasteiger partial charge on any atom is -0.393 e. The predicted molar refractivity (Wildman–Crippen MR) is 77.2 cm³/mol. The number of nitrogens with one attached hydrogen (secondary N) is 1. The molecule has 1 rings (SSSR count). The molecule has 0 saturated heterocycles. The van der Waals surface area contributed by atoms with Crippen molar-refractivity contribution in [2.45, 2.75) is 27.2 Å². The number of rotatable bonds is 4. The zero-order valence-electron chi connectivity index (χ0n) is 11.6. The molecule has 0 aromatic carbocycles. The summed E-state index contributed by atoms with van der Waals surface area (Å²) in [6, 6.07) is 0. The van der Waals surface area contributed by atoms with Gasteiger partial charge in [0.25, 0.3) is 0 Å². The molecule has 96 valence electrons. The van der Waals surface area contributed by atoms with Crippen LogP contribution in [0.2, 0.25) is 0 Å². The molecule has 2 nitrogen and oxygen atoms in total. The van der Waals surface area contributed by atoms with Gasteiger partial charge in [0.1, 0.15) is 6.29 Å². The van der Waals surface area contributed by atoms with Crippen LogP contribution in [0, 0.1) is 0 Å². The monoisotopic (exact) mass is 243 g/mol. The van der Waals surface area contributed by atoms with Crippen LogP contribution in [0.15, 0.2) is 58.4 Å². The first-order valence-corrected chi connectivity index (χ1v) is 6.16. The molecule has 0 amide bonds. The van der Waals surface area contributed by atoms with E-state index < -0.39 is 0 Å². The van der Waals surface area contributed by atoms with Gasteiger partial charge < -0.3 is 5.32 Å². The van der Waals surface area contributed by atoms with E-state index in [2.05, 4.69) is 37.4 Å². The van der Waals surface area contributed by atoms with Crippen molar-refractivity contribution in [2.75, 3.05) is 7.05 Å². The molecule has 0 atom stereocenters. The summed E-state index contributed by atoms with van der Waals surface area (Å²) in [7, 11) is 1.87. The number of hydrogen-bond donors (Lipinski definition) is 1. The molecule has 0 saturated carbocycles. The van der Waals surface area contributed by atoms with E-state index in [-0.39, 0.29) is 0 Å². The molecular weight excluding hydrogens is 222 g/mol. The first kappa shape index (κ1) is 14.2. The van der Waals surface area contributed by atoms with Crippen LogP contribution in [-0.2, 0) is 4.79 Å². The Labute approximate surface area is 109 Å². The number of carbonyl (C=O) groups excluding carboxylic acids is 1. The van der Waals surface area contributed by atoms with Crippen LogP contribution in [0.1, 0.15) is 27.2 Å². The highest BCUT2D eigenvalue weighted by Crippen LogP contribution is 2.26. The van der Waals surface area contributed by atoms with E-state index in [4.69, 9.17) is 0 Å². The Hall–Kier alpha value is -1.83. The van der Waals surface area contributed by atoms with Crippen molar-refractivity contribution in [3.8, 4) is 0 Å². The summed E-state index contributed by atoms with van der Waals surface area (Å²) in [5.41, 5.74) is 5.47. The third-order valence-corrected chi connectivity index (χ3v) is 3.00. The Balaban J connectivity index is 3.23. The van der Waals surface area contributed by atoms with Crippen molar-refractivity contribution >= 4 is 6.29 Å². The standard InChI is InChI=1S/C16H21NO/c1-12(11-18)9-15(10-17-4)16-8-6-5-7-13(2)14(16)3/h5,7-11,17H,6H2,1-4H3/b12-9-,15-10+. The van der Waals surface area contributed by atoms with Crippen LogP contribution in [0.4, 0.5) is 0 Å². The lowest BCUT2D eigenvalue weighted by atomic mass is 9.95. The maximum absolute atomic E-state index is 10.8. The predicted octanol–water partition coefficient (Wildman–Crippen LogP) is 3.46. The zero-order chi connectivity index (χ0) is 13.5. The van der Waals surface area contributed by atoms with Crippen molar-refractivity contribution in [1.29, 1.82) is 0 Å². The fourth-order valence-corrected chi connectivity index (χ4v) is 1.89. The highest BCUT2D eigenvalue weighted by Gasteiger charge is 2.09. The normalized spacial score (nSPS) is 17.4. The molecule has 18 heavy (non-hydrogen) atoms. The quantitative estimate of drug-likeness (QED) is 0.465. The third-order valence-electron chi connectivity index (χ3n) is 3.00. The molecule has 1 aliphatic rings. The van der Waals surface area contributed by atoms with Crippen LogP contribution in [0.25, 0.3) is 0 Å². The molecule has 0 unspecified atom stereocenters. The minimum atomic E-state index is 0.722. The van der Waals surface area contributed by atoms with Crippen molar-refractivity contribution in [2.24, 2.45) is 0 Å². The van der Waals surface area contributed by atoms with Gasteiger partial charge in [-0.2, -0.15) is 0 Å². The Morgan fingerprint density at radius 2 is 2.11 bits per heavy atom. The van der Waals surface area contributed by atoms with Crippen LogP contribution in [0.3, 0.4) is 0 Å². The van der Waals surface area contributed by atoms with Gasteiger partial charge in [-0.1, -0.05) is 18.2 Å². The molecule has 1 aliphatic carbocycles. The maximum Gasteiger partial charge on any atom is 0.145 e. The van der Waals surface area contributed by atoms with Gasteiger partial charge in [0.05, 0.1) is 0 Å². The molecular formula is C16H21NO. The average molecular weight is 243 g/mol. The SMILES string of the molecule is CN/C=C(\C=C(\C)C=O)C1=CCC=CC(C)=C1C. The molecule has 0 aliphatic heterocycles. The molecule has 0 aromatic heterocycles. The van der Waals surface area contributed by atoms with Gasteiger partial charge in [0.2, 0.25) is 0 Å². The Kier molecular flexibility index (Phi) is 5.37. The van der Waals surface area contributed by atoms with E-state index in [1.54, 1.807) is 0 Å². The Bertz CT molecular complexity index is 473. The van der Waals surface area contributed by atoms with Crippen LogP contribution < -0.4 is 5.32 Å². The molecule has 0 heterocycles. The molecule has 0 bridgehead atoms. The zero-order valence-corrected chi connectivity index (χ0v) is 11.6. The lowest BCUT2D eigenvalue weighted by Gasteiger charge is -2.11. The van der Waals surface area contributed by atoms with Crippen molar-refractivity contribution in [3.63, 3.8) is 0 Å². The third kappa shape index (κ3) is 3.59. The lowest BCUT2D eigenvalue weighted by Crippen LogP contribution is -2.00. The van der Waals surface area contributed by atoms with Crippen molar-refractivity contribution in [3.05, 3.63) is 58.4 Å². The summed E-state index contributed by atoms with van der Waals surface area (Å²) in [5, 5.41) is 3.04. The second-order valence-corrected chi connectivity index (χ2v) is 4.46. The fourth-order valence-electron chi connectivity index (χ4n) is 1.89. The molecule has 0 aromatic rings. The first-order chi connectivity index (χ1) is 8.60. The second kappa shape index (κ2) is 6.80. The summed E-state index contributed by atoms with van der Waals surface area (Å²) in [6.45, 7) is 6.04. The molecule has 0 radical (unpaired) electrons. The van der Waals surface area contributed by atoms with Gasteiger partial charge in [-0.3, -0.25) is 4.79 Å².